The van der Waals surface area contributed by atoms with Crippen LogP contribution in [0.25, 0.3) is 0 Å². The van der Waals surface area contributed by atoms with Crippen LogP contribution in [-0.4, -0.2) is 39.0 Å². The summed E-state index contributed by atoms with van der Waals surface area (Å²) >= 11 is 3.24. The lowest BCUT2D eigenvalue weighted by Crippen LogP contribution is -2.41. The Morgan fingerprint density at radius 3 is 2.60 bits per heavy atom. The molecule has 1 heterocycles. The molecule has 6 nitrogen and oxygen atoms in total. The molecule has 1 amide bonds. The summed E-state index contributed by atoms with van der Waals surface area (Å²) in [5.41, 5.74) is -0.275. The van der Waals surface area contributed by atoms with Gasteiger partial charge in [-0.1, -0.05) is 0 Å². The number of halogens is 1. The van der Waals surface area contributed by atoms with E-state index in [0.29, 0.717) is 4.47 Å². The SMILES string of the molecule is CC(C)N(CCC(=O)O)C(=O)Cn1cc(Br)ccc1=O. The van der Waals surface area contributed by atoms with Gasteiger partial charge in [0.15, 0.2) is 0 Å². The third-order valence-electron chi connectivity index (χ3n) is 2.76. The summed E-state index contributed by atoms with van der Waals surface area (Å²) in [4.78, 5) is 35.9. The van der Waals surface area contributed by atoms with Crippen molar-refractivity contribution in [2.75, 3.05) is 6.54 Å². The molecule has 0 bridgehead atoms. The van der Waals surface area contributed by atoms with Crippen molar-refractivity contribution < 1.29 is 14.7 Å². The molecule has 0 atom stereocenters. The van der Waals surface area contributed by atoms with E-state index in [-0.39, 0.29) is 37.0 Å². The summed E-state index contributed by atoms with van der Waals surface area (Å²) < 4.78 is 1.99. The first-order chi connectivity index (χ1) is 9.31. The minimum absolute atomic E-state index is 0.101. The van der Waals surface area contributed by atoms with Gasteiger partial charge < -0.3 is 14.6 Å². The molecule has 0 aliphatic heterocycles. The molecule has 0 aromatic carbocycles. The van der Waals surface area contributed by atoms with Gasteiger partial charge in [-0.05, 0) is 35.8 Å². The van der Waals surface area contributed by atoms with Gasteiger partial charge in [0.25, 0.3) is 5.56 Å². The number of carbonyl (C=O) groups excluding carboxylic acids is 1. The van der Waals surface area contributed by atoms with Gasteiger partial charge in [0, 0.05) is 29.3 Å². The normalized spacial score (nSPS) is 10.6. The maximum absolute atomic E-state index is 12.2. The van der Waals surface area contributed by atoms with Gasteiger partial charge in [-0.15, -0.1) is 0 Å². The highest BCUT2D eigenvalue weighted by atomic mass is 79.9. The van der Waals surface area contributed by atoms with E-state index in [0.717, 1.165) is 0 Å². The predicted octanol–water partition coefficient (Wildman–Crippen LogP) is 1.32. The zero-order chi connectivity index (χ0) is 15.3. The molecule has 7 heteroatoms. The van der Waals surface area contributed by atoms with E-state index in [9.17, 15) is 14.4 Å². The van der Waals surface area contributed by atoms with E-state index in [1.807, 2.05) is 13.8 Å². The highest BCUT2D eigenvalue weighted by molar-refractivity contribution is 9.10. The van der Waals surface area contributed by atoms with Crippen molar-refractivity contribution in [1.29, 1.82) is 0 Å². The van der Waals surface area contributed by atoms with E-state index in [1.165, 1.54) is 21.7 Å². The van der Waals surface area contributed by atoms with Gasteiger partial charge in [0.1, 0.15) is 6.54 Å². The number of carbonyl (C=O) groups is 2. The van der Waals surface area contributed by atoms with Crippen LogP contribution in [0.15, 0.2) is 27.6 Å². The number of carboxylic acids is 1. The monoisotopic (exact) mass is 344 g/mol. The summed E-state index contributed by atoms with van der Waals surface area (Å²) in [6.45, 7) is 3.65. The minimum atomic E-state index is -0.955. The van der Waals surface area contributed by atoms with Crippen LogP contribution in [0.2, 0.25) is 0 Å². The molecule has 0 aliphatic rings. The smallest absolute Gasteiger partial charge is 0.305 e. The zero-order valence-corrected chi connectivity index (χ0v) is 13.0. The first kappa shape index (κ1) is 16.4. The molecule has 1 aromatic heterocycles. The van der Waals surface area contributed by atoms with Crippen LogP contribution in [0.5, 0.6) is 0 Å². The number of rotatable bonds is 6. The van der Waals surface area contributed by atoms with Crippen molar-refractivity contribution in [3.05, 3.63) is 33.2 Å². The van der Waals surface area contributed by atoms with Crippen LogP contribution in [0.3, 0.4) is 0 Å². The number of carboxylic acid groups (broad SMARTS) is 1. The molecule has 0 radical (unpaired) electrons. The minimum Gasteiger partial charge on any atom is -0.481 e. The van der Waals surface area contributed by atoms with Crippen molar-refractivity contribution in [2.24, 2.45) is 0 Å². The predicted molar refractivity (Wildman–Crippen MR) is 77.5 cm³/mol. The summed E-state index contributed by atoms with van der Waals surface area (Å²) in [5, 5.41) is 8.70. The van der Waals surface area contributed by atoms with E-state index in [1.54, 1.807) is 6.07 Å². The number of amides is 1. The van der Waals surface area contributed by atoms with E-state index < -0.39 is 5.97 Å². The average molecular weight is 345 g/mol. The fourth-order valence-electron chi connectivity index (χ4n) is 1.75. The molecule has 1 rings (SSSR count). The Kier molecular flexibility index (Phi) is 5.94. The van der Waals surface area contributed by atoms with Gasteiger partial charge in [-0.3, -0.25) is 14.4 Å². The number of aliphatic carboxylic acids is 1. The van der Waals surface area contributed by atoms with Gasteiger partial charge in [-0.25, -0.2) is 0 Å². The Morgan fingerprint density at radius 2 is 2.05 bits per heavy atom. The van der Waals surface area contributed by atoms with Gasteiger partial charge in [0.2, 0.25) is 5.91 Å². The Hall–Kier alpha value is -1.63. The number of aromatic nitrogens is 1. The number of nitrogens with zero attached hydrogens (tertiary/aromatic N) is 2. The molecule has 0 aliphatic carbocycles. The third-order valence-corrected chi connectivity index (χ3v) is 3.23. The molecule has 0 unspecified atom stereocenters. The Labute approximate surface area is 125 Å². The van der Waals surface area contributed by atoms with Gasteiger partial charge in [-0.2, -0.15) is 0 Å². The second-order valence-electron chi connectivity index (χ2n) is 4.64. The van der Waals surface area contributed by atoms with Crippen molar-refractivity contribution >= 4 is 27.8 Å². The molecular weight excluding hydrogens is 328 g/mol. The second-order valence-corrected chi connectivity index (χ2v) is 5.55. The third kappa shape index (κ3) is 4.80. The van der Waals surface area contributed by atoms with E-state index in [2.05, 4.69) is 15.9 Å². The standard InChI is InChI=1S/C13H17BrN2O4/c1-9(2)16(6-5-13(19)20)12(18)8-15-7-10(14)3-4-11(15)17/h3-4,7,9H,5-6,8H2,1-2H3,(H,19,20). The summed E-state index contributed by atoms with van der Waals surface area (Å²) in [5.74, 6) is -1.23. The highest BCUT2D eigenvalue weighted by Gasteiger charge is 2.18. The molecule has 0 fully saturated rings. The second kappa shape index (κ2) is 7.23. The zero-order valence-electron chi connectivity index (χ0n) is 11.4. The van der Waals surface area contributed by atoms with E-state index >= 15 is 0 Å². The quantitative estimate of drug-likeness (QED) is 0.843. The fraction of sp³-hybridized carbons (Fsp3) is 0.462. The Morgan fingerprint density at radius 1 is 1.40 bits per heavy atom. The molecule has 0 saturated carbocycles. The van der Waals surface area contributed by atoms with Crippen LogP contribution in [0, 0.1) is 0 Å². The average Bonchev–Trinajstić information content (AvgIpc) is 2.33. The summed E-state index contributed by atoms with van der Waals surface area (Å²) in [6.07, 6.45) is 1.42. The van der Waals surface area contributed by atoms with Crippen molar-refractivity contribution in [3.63, 3.8) is 0 Å². The first-order valence-electron chi connectivity index (χ1n) is 6.18. The lowest BCUT2D eigenvalue weighted by atomic mass is 10.2. The number of pyridine rings is 1. The summed E-state index contributed by atoms with van der Waals surface area (Å²) in [7, 11) is 0. The van der Waals surface area contributed by atoms with Crippen LogP contribution < -0.4 is 5.56 Å². The molecule has 1 N–H and O–H groups in total. The Bertz CT molecular complexity index is 554. The Balaban J connectivity index is 2.82. The molecule has 20 heavy (non-hydrogen) atoms. The maximum atomic E-state index is 12.2. The van der Waals surface area contributed by atoms with Gasteiger partial charge >= 0.3 is 5.97 Å². The van der Waals surface area contributed by atoms with Crippen LogP contribution in [0.1, 0.15) is 20.3 Å². The summed E-state index contributed by atoms with van der Waals surface area (Å²) in [6, 6.07) is 2.85. The fourth-order valence-corrected chi connectivity index (χ4v) is 2.13. The highest BCUT2D eigenvalue weighted by Crippen LogP contribution is 2.07. The largest absolute Gasteiger partial charge is 0.481 e. The van der Waals surface area contributed by atoms with Crippen molar-refractivity contribution in [1.82, 2.24) is 9.47 Å². The van der Waals surface area contributed by atoms with Crippen LogP contribution in [-0.2, 0) is 16.1 Å². The molecule has 110 valence electrons. The van der Waals surface area contributed by atoms with Crippen molar-refractivity contribution in [3.8, 4) is 0 Å². The first-order valence-corrected chi connectivity index (χ1v) is 6.98. The lowest BCUT2D eigenvalue weighted by molar-refractivity contribution is -0.139. The van der Waals surface area contributed by atoms with Gasteiger partial charge in [0.05, 0.1) is 6.42 Å². The number of hydrogen-bond donors (Lipinski definition) is 1. The molecule has 0 spiro atoms. The van der Waals surface area contributed by atoms with Crippen LogP contribution >= 0.6 is 15.9 Å². The molecule has 0 saturated heterocycles. The maximum Gasteiger partial charge on any atom is 0.305 e. The van der Waals surface area contributed by atoms with Crippen LogP contribution in [0.4, 0.5) is 0 Å². The van der Waals surface area contributed by atoms with E-state index in [4.69, 9.17) is 5.11 Å². The molecule has 1 aromatic rings. The number of hydrogen-bond acceptors (Lipinski definition) is 3. The molecular formula is C13H17BrN2O4. The van der Waals surface area contributed by atoms with Crippen molar-refractivity contribution in [2.45, 2.75) is 32.9 Å². The topological polar surface area (TPSA) is 79.6 Å². The lowest BCUT2D eigenvalue weighted by Gasteiger charge is -2.26.